The van der Waals surface area contributed by atoms with E-state index in [1.54, 1.807) is 12.1 Å². The van der Waals surface area contributed by atoms with Gasteiger partial charge in [-0.05, 0) is 48.9 Å². The smallest absolute Gasteiger partial charge is 0.322 e. The number of benzene rings is 2. The fourth-order valence-electron chi connectivity index (χ4n) is 4.43. The van der Waals surface area contributed by atoms with Crippen molar-refractivity contribution in [2.75, 3.05) is 0 Å². The zero-order valence-corrected chi connectivity index (χ0v) is 20.2. The Balaban J connectivity index is 1.50. The molecule has 0 amide bonds. The van der Waals surface area contributed by atoms with Crippen LogP contribution in [0, 0.1) is 11.8 Å². The Hall–Kier alpha value is -3.27. The van der Waals surface area contributed by atoms with Crippen LogP contribution in [0.3, 0.4) is 0 Å². The minimum atomic E-state index is -4.06. The highest BCUT2D eigenvalue weighted by Gasteiger charge is 2.35. The summed E-state index contributed by atoms with van der Waals surface area (Å²) >= 11 is 0. The molecule has 35 heavy (non-hydrogen) atoms. The highest BCUT2D eigenvalue weighted by molar-refractivity contribution is 7.89. The molecule has 4 unspecified atom stereocenters. The van der Waals surface area contributed by atoms with Crippen LogP contribution in [0.15, 0.2) is 88.8 Å². The number of nitrogens with one attached hydrogen (secondary N) is 2. The molecule has 0 aromatic heterocycles. The molecule has 4 atom stereocenters. The number of carbonyl (C=O) groups is 1. The minimum absolute atomic E-state index is 0.0143. The van der Waals surface area contributed by atoms with E-state index in [2.05, 4.69) is 15.2 Å². The van der Waals surface area contributed by atoms with Gasteiger partial charge in [0, 0.05) is 11.1 Å². The van der Waals surface area contributed by atoms with Crippen LogP contribution in [-0.2, 0) is 19.7 Å². The third kappa shape index (κ3) is 5.87. The summed E-state index contributed by atoms with van der Waals surface area (Å²) in [6.45, 7) is 1.88. The van der Waals surface area contributed by atoms with Crippen molar-refractivity contribution in [1.29, 1.82) is 0 Å². The molecule has 0 radical (unpaired) electrons. The molecule has 184 valence electrons. The number of allylic oxidation sites excluding steroid dienone is 4. The molecule has 2 aromatic carbocycles. The Bertz CT molecular complexity index is 1220. The molecule has 8 nitrogen and oxygen atoms in total. The van der Waals surface area contributed by atoms with Crippen molar-refractivity contribution in [3.8, 4) is 0 Å². The maximum Gasteiger partial charge on any atom is 0.322 e. The average molecular weight is 496 g/mol. The Labute approximate surface area is 205 Å². The topological polar surface area (TPSA) is 117 Å². The van der Waals surface area contributed by atoms with Gasteiger partial charge in [-0.3, -0.25) is 4.79 Å². The molecule has 1 aliphatic carbocycles. The van der Waals surface area contributed by atoms with E-state index < -0.39 is 28.3 Å². The summed E-state index contributed by atoms with van der Waals surface area (Å²) in [5, 5.41) is 9.89. The molecular weight excluding hydrogens is 466 g/mol. The van der Waals surface area contributed by atoms with Gasteiger partial charge in [-0.2, -0.15) is 4.72 Å². The average Bonchev–Trinajstić information content (AvgIpc) is 3.21. The van der Waals surface area contributed by atoms with Gasteiger partial charge in [0.25, 0.3) is 0 Å². The van der Waals surface area contributed by atoms with Crippen molar-refractivity contribution >= 4 is 21.8 Å². The van der Waals surface area contributed by atoms with Crippen molar-refractivity contribution in [1.82, 2.24) is 10.2 Å². The van der Waals surface area contributed by atoms with Gasteiger partial charge in [0.15, 0.2) is 5.84 Å². The van der Waals surface area contributed by atoms with Gasteiger partial charge in [-0.15, -0.1) is 0 Å². The van der Waals surface area contributed by atoms with Crippen LogP contribution >= 0.6 is 0 Å². The van der Waals surface area contributed by atoms with E-state index in [9.17, 15) is 18.3 Å². The SMILES string of the molecule is CCC(C1C=CC=CCC1)C(NS(=O)(=O)c1ccc(C2=NC(c3ccccc3)ON2)cc1)C(=O)O. The quantitative estimate of drug-likeness (QED) is 0.485. The van der Waals surface area contributed by atoms with E-state index in [1.807, 2.05) is 61.6 Å². The van der Waals surface area contributed by atoms with Crippen molar-refractivity contribution in [3.05, 3.63) is 90.0 Å². The van der Waals surface area contributed by atoms with Crippen molar-refractivity contribution in [2.45, 2.75) is 43.4 Å². The molecule has 2 aliphatic rings. The van der Waals surface area contributed by atoms with Gasteiger partial charge in [0.1, 0.15) is 6.04 Å². The number of carboxylic acid groups (broad SMARTS) is 1. The Morgan fingerprint density at radius 2 is 1.91 bits per heavy atom. The number of aliphatic imine (C=N–C) groups is 1. The predicted molar refractivity (Wildman–Crippen MR) is 133 cm³/mol. The maximum atomic E-state index is 13.1. The lowest BCUT2D eigenvalue weighted by Crippen LogP contribution is -2.47. The fourth-order valence-corrected chi connectivity index (χ4v) is 5.67. The van der Waals surface area contributed by atoms with E-state index in [1.165, 1.54) is 12.1 Å². The number of rotatable bonds is 9. The van der Waals surface area contributed by atoms with Gasteiger partial charge >= 0.3 is 5.97 Å². The number of hydroxylamine groups is 1. The first-order valence-corrected chi connectivity index (χ1v) is 13.1. The molecule has 0 saturated heterocycles. The first kappa shape index (κ1) is 24.8. The summed E-state index contributed by atoms with van der Waals surface area (Å²) in [4.78, 5) is 22.1. The summed E-state index contributed by atoms with van der Waals surface area (Å²) in [5.41, 5.74) is 4.33. The first-order valence-electron chi connectivity index (χ1n) is 11.6. The van der Waals surface area contributed by atoms with E-state index in [4.69, 9.17) is 4.84 Å². The second kappa shape index (κ2) is 11.0. The Morgan fingerprint density at radius 1 is 1.17 bits per heavy atom. The van der Waals surface area contributed by atoms with Crippen molar-refractivity contribution in [2.24, 2.45) is 16.8 Å². The molecule has 3 N–H and O–H groups in total. The Kier molecular flexibility index (Phi) is 7.80. The van der Waals surface area contributed by atoms with Crippen LogP contribution in [-0.4, -0.2) is 31.4 Å². The third-order valence-corrected chi connectivity index (χ3v) is 7.76. The molecule has 0 fully saturated rings. The molecule has 0 bridgehead atoms. The lowest BCUT2D eigenvalue weighted by atomic mass is 9.81. The summed E-state index contributed by atoms with van der Waals surface area (Å²) in [6.07, 6.45) is 9.46. The van der Waals surface area contributed by atoms with Crippen molar-refractivity contribution in [3.63, 3.8) is 0 Å². The minimum Gasteiger partial charge on any atom is -0.480 e. The first-order chi connectivity index (χ1) is 16.9. The third-order valence-electron chi connectivity index (χ3n) is 6.31. The molecule has 9 heteroatoms. The summed E-state index contributed by atoms with van der Waals surface area (Å²) < 4.78 is 28.7. The standard InChI is InChI=1S/C26H29N3O5S/c1-2-22(18-10-6-3-4-7-11-18)23(26(30)31)29-35(32,33)21-16-14-19(15-17-21)24-27-25(34-28-24)20-12-8-5-9-13-20/h3-6,8-10,12-18,22-23,25,29H,2,7,11H2,1H3,(H,27,28)(H,30,31). The van der Waals surface area contributed by atoms with E-state index in [0.717, 1.165) is 18.4 Å². The largest absolute Gasteiger partial charge is 0.480 e. The zero-order valence-electron chi connectivity index (χ0n) is 19.4. The van der Waals surface area contributed by atoms with Gasteiger partial charge in [0.2, 0.25) is 16.3 Å². The predicted octanol–water partition coefficient (Wildman–Crippen LogP) is 3.95. The van der Waals surface area contributed by atoms with Gasteiger partial charge < -0.3 is 5.11 Å². The van der Waals surface area contributed by atoms with Crippen LogP contribution in [0.4, 0.5) is 0 Å². The monoisotopic (exact) mass is 495 g/mol. The van der Waals surface area contributed by atoms with E-state index >= 15 is 0 Å². The van der Waals surface area contributed by atoms with E-state index in [-0.39, 0.29) is 16.7 Å². The highest BCUT2D eigenvalue weighted by Crippen LogP contribution is 2.29. The number of aliphatic carboxylic acids is 1. The van der Waals surface area contributed by atoms with Crippen LogP contribution in [0.25, 0.3) is 0 Å². The number of hydrogen-bond acceptors (Lipinski definition) is 6. The number of sulfonamides is 1. The van der Waals surface area contributed by atoms with Crippen LogP contribution in [0.2, 0.25) is 0 Å². The second-order valence-electron chi connectivity index (χ2n) is 8.55. The molecule has 1 aliphatic heterocycles. The summed E-state index contributed by atoms with van der Waals surface area (Å²) in [7, 11) is -4.06. The zero-order chi connectivity index (χ0) is 24.8. The fraction of sp³-hybridized carbons (Fsp3) is 0.308. The van der Waals surface area contributed by atoms with E-state index in [0.29, 0.717) is 17.8 Å². The lowest BCUT2D eigenvalue weighted by molar-refractivity contribution is -0.140. The molecule has 0 saturated carbocycles. The van der Waals surface area contributed by atoms with Gasteiger partial charge in [-0.1, -0.05) is 68.0 Å². The molecular formula is C26H29N3O5S. The van der Waals surface area contributed by atoms with Crippen LogP contribution in [0.1, 0.15) is 43.5 Å². The second-order valence-corrected chi connectivity index (χ2v) is 10.3. The number of hydrogen-bond donors (Lipinski definition) is 3. The number of amidine groups is 1. The summed E-state index contributed by atoms with van der Waals surface area (Å²) in [6, 6.07) is 14.4. The van der Waals surface area contributed by atoms with Crippen molar-refractivity contribution < 1.29 is 23.2 Å². The molecule has 1 heterocycles. The number of carboxylic acids is 1. The molecule has 2 aromatic rings. The lowest BCUT2D eigenvalue weighted by Gasteiger charge is -2.29. The van der Waals surface area contributed by atoms with Crippen LogP contribution < -0.4 is 10.2 Å². The molecule has 4 rings (SSSR count). The highest BCUT2D eigenvalue weighted by atomic mass is 32.2. The normalized spacial score (nSPS) is 21.6. The molecule has 0 spiro atoms. The van der Waals surface area contributed by atoms with Gasteiger partial charge in [0.05, 0.1) is 4.90 Å². The number of nitrogens with zero attached hydrogens (tertiary/aromatic N) is 1. The van der Waals surface area contributed by atoms with Gasteiger partial charge in [-0.25, -0.2) is 23.7 Å². The Morgan fingerprint density at radius 3 is 2.60 bits per heavy atom. The maximum absolute atomic E-state index is 13.1. The van der Waals surface area contributed by atoms with Crippen LogP contribution in [0.5, 0.6) is 0 Å². The summed E-state index contributed by atoms with van der Waals surface area (Å²) in [5.74, 6) is -1.11.